The Bertz CT molecular complexity index is 758. The lowest BCUT2D eigenvalue weighted by molar-refractivity contribution is -0.384. The number of nitro groups is 1. The smallest absolute Gasteiger partial charge is 0.269 e. The monoisotopic (exact) mass is 390 g/mol. The molecule has 0 aromatic heterocycles. The van der Waals surface area contributed by atoms with Crippen molar-refractivity contribution in [3.63, 3.8) is 0 Å². The van der Waals surface area contributed by atoms with Crippen molar-refractivity contribution in [3.8, 4) is 0 Å². The van der Waals surface area contributed by atoms with Gasteiger partial charge in [0.2, 0.25) is 17.7 Å². The summed E-state index contributed by atoms with van der Waals surface area (Å²) in [6, 6.07) is 5.84. The van der Waals surface area contributed by atoms with Gasteiger partial charge in [-0.25, -0.2) is 0 Å². The molecule has 1 aromatic carbocycles. The average molecular weight is 390 g/mol. The zero-order chi connectivity index (χ0) is 20.8. The second-order valence-corrected chi connectivity index (χ2v) is 6.92. The zero-order valence-corrected chi connectivity index (χ0v) is 16.5. The van der Waals surface area contributed by atoms with Crippen LogP contribution in [0.5, 0.6) is 0 Å². The van der Waals surface area contributed by atoms with E-state index in [9.17, 15) is 24.5 Å². The summed E-state index contributed by atoms with van der Waals surface area (Å²) in [5, 5.41) is 10.9. The lowest BCUT2D eigenvalue weighted by atomic mass is 10.1. The number of nitrogens with zero attached hydrogens (tertiary/aromatic N) is 4. The van der Waals surface area contributed by atoms with E-state index in [-0.39, 0.29) is 42.3 Å². The van der Waals surface area contributed by atoms with Crippen molar-refractivity contribution in [2.24, 2.45) is 0 Å². The van der Waals surface area contributed by atoms with Crippen LogP contribution in [-0.4, -0.2) is 70.6 Å². The molecule has 1 aliphatic rings. The van der Waals surface area contributed by atoms with Crippen LogP contribution >= 0.6 is 0 Å². The largest absolute Gasteiger partial charge is 0.339 e. The molecule has 9 heteroatoms. The number of amides is 3. The van der Waals surface area contributed by atoms with Crippen molar-refractivity contribution < 1.29 is 19.3 Å². The average Bonchev–Trinajstić information content (AvgIpc) is 2.70. The fourth-order valence-electron chi connectivity index (χ4n) is 3.16. The van der Waals surface area contributed by atoms with Crippen LogP contribution in [0, 0.1) is 10.1 Å². The molecule has 28 heavy (non-hydrogen) atoms. The van der Waals surface area contributed by atoms with Gasteiger partial charge in [-0.05, 0) is 12.5 Å². The van der Waals surface area contributed by atoms with Crippen molar-refractivity contribution in [1.29, 1.82) is 0 Å². The minimum atomic E-state index is -0.470. The number of hydrogen-bond donors (Lipinski definition) is 0. The van der Waals surface area contributed by atoms with Gasteiger partial charge in [0.25, 0.3) is 5.69 Å². The van der Waals surface area contributed by atoms with E-state index in [1.54, 1.807) is 35.9 Å². The maximum absolute atomic E-state index is 12.5. The predicted octanol–water partition coefficient (Wildman–Crippen LogP) is 1.59. The Hall–Kier alpha value is -2.97. The van der Waals surface area contributed by atoms with E-state index in [2.05, 4.69) is 0 Å². The Morgan fingerprint density at radius 1 is 1.14 bits per heavy atom. The number of carbonyl (C=O) groups is 3. The predicted molar refractivity (Wildman–Crippen MR) is 102 cm³/mol. The molecule has 0 unspecified atom stereocenters. The molecule has 0 saturated carbocycles. The normalized spacial score (nSPS) is 15.1. The fraction of sp³-hybridized carbons (Fsp3) is 0.526. The molecule has 1 fully saturated rings. The minimum absolute atomic E-state index is 0.000891. The first kappa shape index (κ1) is 21.3. The van der Waals surface area contributed by atoms with Crippen LogP contribution in [0.25, 0.3) is 0 Å². The van der Waals surface area contributed by atoms with Gasteiger partial charge >= 0.3 is 0 Å². The highest BCUT2D eigenvalue weighted by molar-refractivity contribution is 5.84. The quantitative estimate of drug-likeness (QED) is 0.542. The third-order valence-corrected chi connectivity index (χ3v) is 5.17. The maximum Gasteiger partial charge on any atom is 0.269 e. The summed E-state index contributed by atoms with van der Waals surface area (Å²) in [7, 11) is 1.63. The first-order valence-electron chi connectivity index (χ1n) is 9.24. The van der Waals surface area contributed by atoms with E-state index >= 15 is 0 Å². The number of nitro benzene ring substituents is 1. The molecular weight excluding hydrogens is 364 g/mol. The van der Waals surface area contributed by atoms with Crippen LogP contribution in [-0.2, 0) is 14.4 Å². The molecule has 0 bridgehead atoms. The minimum Gasteiger partial charge on any atom is -0.339 e. The van der Waals surface area contributed by atoms with Crippen molar-refractivity contribution in [3.05, 3.63) is 39.9 Å². The molecule has 1 atom stereocenters. The molecular formula is C19H26N4O5. The molecule has 0 aliphatic carbocycles. The third-order valence-electron chi connectivity index (χ3n) is 5.17. The highest BCUT2D eigenvalue weighted by atomic mass is 16.6. The van der Waals surface area contributed by atoms with Crippen molar-refractivity contribution in [2.75, 3.05) is 33.2 Å². The third kappa shape index (κ3) is 5.28. The van der Waals surface area contributed by atoms with Gasteiger partial charge < -0.3 is 14.7 Å². The molecule has 1 heterocycles. The van der Waals surface area contributed by atoms with Crippen LogP contribution in [0.1, 0.15) is 38.3 Å². The molecule has 0 N–H and O–H groups in total. The van der Waals surface area contributed by atoms with Gasteiger partial charge in [-0.3, -0.25) is 24.5 Å². The van der Waals surface area contributed by atoms with Crippen LogP contribution in [0.4, 0.5) is 5.69 Å². The van der Waals surface area contributed by atoms with Gasteiger partial charge in [-0.15, -0.1) is 0 Å². The lowest BCUT2D eigenvalue weighted by Gasteiger charge is -2.34. The zero-order valence-electron chi connectivity index (χ0n) is 16.5. The van der Waals surface area contributed by atoms with E-state index in [1.165, 1.54) is 24.0 Å². The fourth-order valence-corrected chi connectivity index (χ4v) is 3.16. The van der Waals surface area contributed by atoms with E-state index in [1.807, 2.05) is 0 Å². The maximum atomic E-state index is 12.5. The van der Waals surface area contributed by atoms with E-state index in [0.717, 1.165) is 0 Å². The van der Waals surface area contributed by atoms with Crippen molar-refractivity contribution >= 4 is 23.4 Å². The molecule has 9 nitrogen and oxygen atoms in total. The van der Waals surface area contributed by atoms with Crippen molar-refractivity contribution in [1.82, 2.24) is 14.7 Å². The summed E-state index contributed by atoms with van der Waals surface area (Å²) < 4.78 is 0. The highest BCUT2D eigenvalue weighted by Crippen LogP contribution is 2.23. The van der Waals surface area contributed by atoms with Crippen molar-refractivity contribution in [2.45, 2.75) is 32.7 Å². The van der Waals surface area contributed by atoms with Gasteiger partial charge in [0.1, 0.15) is 0 Å². The Morgan fingerprint density at radius 3 is 2.32 bits per heavy atom. The first-order chi connectivity index (χ1) is 13.2. The number of rotatable bonds is 6. The first-order valence-corrected chi connectivity index (χ1v) is 9.24. The molecule has 1 aromatic rings. The molecule has 1 saturated heterocycles. The Labute approximate surface area is 164 Å². The summed E-state index contributed by atoms with van der Waals surface area (Å²) in [5.74, 6) is -0.304. The SMILES string of the molecule is CC(=O)N1CCN(C(=O)CCC(=O)N(C)[C@H](C)c2cccc([N+](=O)[O-])c2)CC1. The summed E-state index contributed by atoms with van der Waals surface area (Å²) in [5.41, 5.74) is 0.641. The summed E-state index contributed by atoms with van der Waals surface area (Å²) >= 11 is 0. The Balaban J connectivity index is 1.86. The standard InChI is InChI=1S/C19H26N4O5/c1-14(16-5-4-6-17(13-16)23(27)28)20(3)18(25)7-8-19(26)22-11-9-21(10-12-22)15(2)24/h4-6,13-14H,7-12H2,1-3H3/t14-/m1/s1. The second kappa shape index (κ2) is 9.29. The number of piperazine rings is 1. The second-order valence-electron chi connectivity index (χ2n) is 6.92. The Morgan fingerprint density at radius 2 is 1.75 bits per heavy atom. The van der Waals surface area contributed by atoms with Gasteiger partial charge in [0, 0.05) is 65.1 Å². The van der Waals surface area contributed by atoms with E-state index in [0.29, 0.717) is 31.7 Å². The number of non-ortho nitro benzene ring substituents is 1. The highest BCUT2D eigenvalue weighted by Gasteiger charge is 2.24. The molecule has 0 radical (unpaired) electrons. The molecule has 0 spiro atoms. The number of hydrogen-bond acceptors (Lipinski definition) is 5. The number of carbonyl (C=O) groups excluding carboxylic acids is 3. The summed E-state index contributed by atoms with van der Waals surface area (Å²) in [6.45, 7) is 5.28. The Kier molecular flexibility index (Phi) is 7.08. The summed E-state index contributed by atoms with van der Waals surface area (Å²) in [4.78, 5) is 51.5. The van der Waals surface area contributed by atoms with Crippen LogP contribution in [0.2, 0.25) is 0 Å². The molecule has 152 valence electrons. The van der Waals surface area contributed by atoms with Crippen LogP contribution in [0.15, 0.2) is 24.3 Å². The van der Waals surface area contributed by atoms with Crippen LogP contribution in [0.3, 0.4) is 0 Å². The van der Waals surface area contributed by atoms with E-state index < -0.39 is 4.92 Å². The lowest BCUT2D eigenvalue weighted by Crippen LogP contribution is -2.50. The van der Waals surface area contributed by atoms with Gasteiger partial charge in [-0.2, -0.15) is 0 Å². The number of benzene rings is 1. The van der Waals surface area contributed by atoms with E-state index in [4.69, 9.17) is 0 Å². The molecule has 2 rings (SSSR count). The van der Waals surface area contributed by atoms with Crippen LogP contribution < -0.4 is 0 Å². The summed E-state index contributed by atoms with van der Waals surface area (Å²) in [6.07, 6.45) is 0.173. The van der Waals surface area contributed by atoms with Gasteiger partial charge in [0.05, 0.1) is 11.0 Å². The topological polar surface area (TPSA) is 104 Å². The van der Waals surface area contributed by atoms with Gasteiger partial charge in [0.15, 0.2) is 0 Å². The van der Waals surface area contributed by atoms with Gasteiger partial charge in [-0.1, -0.05) is 12.1 Å². The molecule has 3 amide bonds. The molecule has 1 aliphatic heterocycles.